The Balaban J connectivity index is 2.34. The van der Waals surface area contributed by atoms with Gasteiger partial charge in [0.15, 0.2) is 5.92 Å². The van der Waals surface area contributed by atoms with E-state index in [-0.39, 0.29) is 12.5 Å². The average Bonchev–Trinajstić information content (AvgIpc) is 2.33. The molecule has 0 radical (unpaired) electrons. The number of hydrogen-bond donors (Lipinski definition) is 1. The minimum atomic E-state index is -4.46. The van der Waals surface area contributed by atoms with E-state index in [1.807, 2.05) is 0 Å². The van der Waals surface area contributed by atoms with Gasteiger partial charge in [-0.1, -0.05) is 0 Å². The number of nitrogens with zero attached hydrogens (tertiary/aromatic N) is 2. The van der Waals surface area contributed by atoms with E-state index < -0.39 is 12.1 Å². The SMILES string of the molecule is CC(=O)NCC1CCN(CC(C#N)C(F)(F)F)CC1. The maximum absolute atomic E-state index is 12.5. The van der Waals surface area contributed by atoms with E-state index >= 15 is 0 Å². The molecule has 1 fully saturated rings. The number of amides is 1. The van der Waals surface area contributed by atoms with Crippen LogP contribution in [-0.4, -0.2) is 43.2 Å². The molecule has 1 heterocycles. The molecule has 0 spiro atoms. The number of nitriles is 1. The van der Waals surface area contributed by atoms with Gasteiger partial charge in [-0.05, 0) is 31.8 Å². The predicted molar refractivity (Wildman–Crippen MR) is 63.0 cm³/mol. The lowest BCUT2D eigenvalue weighted by Crippen LogP contribution is -2.42. The number of alkyl halides is 3. The molecule has 0 aliphatic carbocycles. The van der Waals surface area contributed by atoms with Gasteiger partial charge in [0.05, 0.1) is 6.07 Å². The van der Waals surface area contributed by atoms with Crippen LogP contribution in [0.4, 0.5) is 13.2 Å². The van der Waals surface area contributed by atoms with Gasteiger partial charge < -0.3 is 10.2 Å². The van der Waals surface area contributed by atoms with Crippen molar-refractivity contribution in [1.29, 1.82) is 5.26 Å². The number of halogens is 3. The van der Waals surface area contributed by atoms with E-state index in [0.717, 1.165) is 12.8 Å². The zero-order valence-corrected chi connectivity index (χ0v) is 10.8. The third-order valence-corrected chi connectivity index (χ3v) is 3.34. The Labute approximate surface area is 110 Å². The summed E-state index contributed by atoms with van der Waals surface area (Å²) in [7, 11) is 0. The Morgan fingerprint density at radius 2 is 2.05 bits per heavy atom. The fraction of sp³-hybridized carbons (Fsp3) is 0.833. The van der Waals surface area contributed by atoms with Gasteiger partial charge in [-0.25, -0.2) is 0 Å². The molecule has 0 aromatic carbocycles. The monoisotopic (exact) mass is 277 g/mol. The third kappa shape index (κ3) is 5.47. The van der Waals surface area contributed by atoms with Crippen molar-refractivity contribution in [2.24, 2.45) is 11.8 Å². The molecular formula is C12H18F3N3O. The second-order valence-electron chi connectivity index (χ2n) is 4.90. The van der Waals surface area contributed by atoms with E-state index in [1.165, 1.54) is 13.0 Å². The summed E-state index contributed by atoms with van der Waals surface area (Å²) in [5.41, 5.74) is 0. The Kier molecular flexibility index (Phi) is 5.60. The van der Waals surface area contributed by atoms with Crippen LogP contribution in [0.25, 0.3) is 0 Å². The van der Waals surface area contributed by atoms with Gasteiger partial charge in [0.2, 0.25) is 5.91 Å². The Morgan fingerprint density at radius 1 is 1.47 bits per heavy atom. The molecule has 1 N–H and O–H groups in total. The summed E-state index contributed by atoms with van der Waals surface area (Å²) >= 11 is 0. The van der Waals surface area contributed by atoms with E-state index in [2.05, 4.69) is 5.32 Å². The van der Waals surface area contributed by atoms with Gasteiger partial charge in [-0.3, -0.25) is 4.79 Å². The predicted octanol–water partition coefficient (Wildman–Crippen LogP) is 1.54. The summed E-state index contributed by atoms with van der Waals surface area (Å²) in [6.45, 7) is 2.84. The molecule has 1 atom stereocenters. The van der Waals surface area contributed by atoms with Crippen molar-refractivity contribution in [3.63, 3.8) is 0 Å². The smallest absolute Gasteiger partial charge is 0.356 e. The van der Waals surface area contributed by atoms with Crippen LogP contribution < -0.4 is 5.32 Å². The summed E-state index contributed by atoms with van der Waals surface area (Å²) in [6.07, 6.45) is -2.96. The largest absolute Gasteiger partial charge is 0.405 e. The van der Waals surface area contributed by atoms with Crippen LogP contribution in [0.15, 0.2) is 0 Å². The summed E-state index contributed by atoms with van der Waals surface area (Å²) in [6, 6.07) is 1.32. The second kappa shape index (κ2) is 6.75. The number of carbonyl (C=O) groups excluding carboxylic acids is 1. The zero-order valence-electron chi connectivity index (χ0n) is 10.8. The topological polar surface area (TPSA) is 56.1 Å². The lowest BCUT2D eigenvalue weighted by Gasteiger charge is -2.33. The van der Waals surface area contributed by atoms with Crippen molar-refractivity contribution < 1.29 is 18.0 Å². The molecule has 1 saturated heterocycles. The van der Waals surface area contributed by atoms with Gasteiger partial charge in [-0.15, -0.1) is 0 Å². The Morgan fingerprint density at radius 3 is 2.47 bits per heavy atom. The van der Waals surface area contributed by atoms with Crippen molar-refractivity contribution >= 4 is 5.91 Å². The van der Waals surface area contributed by atoms with Gasteiger partial charge in [-0.2, -0.15) is 18.4 Å². The van der Waals surface area contributed by atoms with E-state index in [4.69, 9.17) is 5.26 Å². The van der Waals surface area contributed by atoms with Gasteiger partial charge >= 0.3 is 6.18 Å². The van der Waals surface area contributed by atoms with Crippen molar-refractivity contribution in [3.8, 4) is 6.07 Å². The lowest BCUT2D eigenvalue weighted by molar-refractivity contribution is -0.163. The first-order chi connectivity index (χ1) is 8.82. The molecule has 1 aliphatic rings. The molecule has 108 valence electrons. The molecule has 0 aromatic rings. The number of carbonyl (C=O) groups is 1. The normalized spacial score (nSPS) is 19.7. The fourth-order valence-corrected chi connectivity index (χ4v) is 2.14. The first-order valence-electron chi connectivity index (χ1n) is 6.26. The van der Waals surface area contributed by atoms with Gasteiger partial charge in [0.25, 0.3) is 0 Å². The van der Waals surface area contributed by atoms with Crippen molar-refractivity contribution in [2.45, 2.75) is 25.9 Å². The minimum Gasteiger partial charge on any atom is -0.356 e. The second-order valence-corrected chi connectivity index (χ2v) is 4.90. The Bertz CT molecular complexity index is 343. The minimum absolute atomic E-state index is 0.0935. The van der Waals surface area contributed by atoms with Crippen LogP contribution in [0.3, 0.4) is 0 Å². The highest BCUT2D eigenvalue weighted by Gasteiger charge is 2.41. The third-order valence-electron chi connectivity index (χ3n) is 3.34. The average molecular weight is 277 g/mol. The molecule has 7 heteroatoms. The van der Waals surface area contributed by atoms with Crippen LogP contribution in [0, 0.1) is 23.2 Å². The molecule has 1 rings (SSSR count). The van der Waals surface area contributed by atoms with E-state index in [9.17, 15) is 18.0 Å². The number of hydrogen-bond acceptors (Lipinski definition) is 3. The molecule has 0 aromatic heterocycles. The molecule has 4 nitrogen and oxygen atoms in total. The highest BCUT2D eigenvalue weighted by molar-refractivity contribution is 5.72. The van der Waals surface area contributed by atoms with E-state index in [1.54, 1.807) is 4.90 Å². The summed E-state index contributed by atoms with van der Waals surface area (Å²) in [4.78, 5) is 12.4. The van der Waals surface area contributed by atoms with Crippen LogP contribution >= 0.6 is 0 Å². The molecule has 1 aliphatic heterocycles. The number of likely N-dealkylation sites (tertiary alicyclic amines) is 1. The first kappa shape index (κ1) is 15.8. The fourth-order valence-electron chi connectivity index (χ4n) is 2.14. The lowest BCUT2D eigenvalue weighted by atomic mass is 9.96. The van der Waals surface area contributed by atoms with Crippen LogP contribution in [0.2, 0.25) is 0 Å². The summed E-state index contributed by atoms with van der Waals surface area (Å²) < 4.78 is 37.4. The maximum Gasteiger partial charge on any atom is 0.405 e. The summed E-state index contributed by atoms with van der Waals surface area (Å²) in [5.74, 6) is -1.70. The maximum atomic E-state index is 12.5. The van der Waals surface area contributed by atoms with Crippen molar-refractivity contribution in [3.05, 3.63) is 0 Å². The van der Waals surface area contributed by atoms with E-state index in [0.29, 0.717) is 25.6 Å². The molecule has 19 heavy (non-hydrogen) atoms. The van der Waals surface area contributed by atoms with Gasteiger partial charge in [0.1, 0.15) is 0 Å². The van der Waals surface area contributed by atoms with Crippen LogP contribution in [0.5, 0.6) is 0 Å². The molecule has 0 saturated carbocycles. The summed E-state index contributed by atoms with van der Waals surface area (Å²) in [5, 5.41) is 11.3. The quantitative estimate of drug-likeness (QED) is 0.848. The van der Waals surface area contributed by atoms with Crippen LogP contribution in [0.1, 0.15) is 19.8 Å². The van der Waals surface area contributed by atoms with Crippen molar-refractivity contribution in [1.82, 2.24) is 10.2 Å². The Hall–Kier alpha value is -1.29. The highest BCUT2D eigenvalue weighted by atomic mass is 19.4. The number of rotatable bonds is 4. The molecule has 1 amide bonds. The van der Waals surface area contributed by atoms with Gasteiger partial charge in [0, 0.05) is 20.0 Å². The molecule has 0 bridgehead atoms. The highest BCUT2D eigenvalue weighted by Crippen LogP contribution is 2.27. The molecular weight excluding hydrogens is 259 g/mol. The first-order valence-corrected chi connectivity index (χ1v) is 6.26. The standard InChI is InChI=1S/C12H18F3N3O/c1-9(19)17-7-10-2-4-18(5-3-10)8-11(6-16)12(13,14)15/h10-11H,2-5,7-8H2,1H3,(H,17,19). The van der Waals surface area contributed by atoms with Crippen molar-refractivity contribution in [2.75, 3.05) is 26.2 Å². The molecule has 1 unspecified atom stereocenters. The number of piperidine rings is 1. The van der Waals surface area contributed by atoms with Crippen LogP contribution in [-0.2, 0) is 4.79 Å². The zero-order chi connectivity index (χ0) is 14.5. The number of nitrogens with one attached hydrogen (secondary N) is 1.